The highest BCUT2D eigenvalue weighted by molar-refractivity contribution is 6.09. The molecular weight excluding hydrogens is 230 g/mol. The average Bonchev–Trinajstić information content (AvgIpc) is 2.83. The minimum Gasteiger partial charge on any atom is -0.465 e. The van der Waals surface area contributed by atoms with Gasteiger partial charge in [0, 0.05) is 11.8 Å². The van der Waals surface area contributed by atoms with Gasteiger partial charge in [-0.3, -0.25) is 4.79 Å². The summed E-state index contributed by atoms with van der Waals surface area (Å²) in [5.41, 5.74) is 2.08. The Hall–Kier alpha value is -2.36. The molecule has 0 saturated heterocycles. The van der Waals surface area contributed by atoms with Gasteiger partial charge in [-0.25, -0.2) is 4.79 Å². The van der Waals surface area contributed by atoms with Crippen LogP contribution in [-0.2, 0) is 4.74 Å². The van der Waals surface area contributed by atoms with Gasteiger partial charge in [0.1, 0.15) is 0 Å². The summed E-state index contributed by atoms with van der Waals surface area (Å²) in [5.74, 6) is -0.686. The number of carbonyl (C=O) groups is 2. The molecular formula is C14H13NO3. The molecule has 0 radical (unpaired) electrons. The zero-order valence-corrected chi connectivity index (χ0v) is 10.2. The molecule has 0 spiro atoms. The molecule has 4 heteroatoms. The number of benzene rings is 1. The Bertz CT molecular complexity index is 584. The molecule has 0 bridgehead atoms. The molecule has 0 amide bonds. The van der Waals surface area contributed by atoms with Crippen LogP contribution in [0.2, 0.25) is 0 Å². The minimum absolute atomic E-state index is 0.172. The Balaban J connectivity index is 2.62. The number of ether oxygens (including phenoxy) is 1. The molecule has 2 aromatic rings. The van der Waals surface area contributed by atoms with E-state index in [4.69, 9.17) is 4.74 Å². The smallest absolute Gasteiger partial charge is 0.340 e. The fourth-order valence-electron chi connectivity index (χ4n) is 1.85. The lowest BCUT2D eigenvalue weighted by molar-refractivity contribution is 0.0598. The van der Waals surface area contributed by atoms with Crippen molar-refractivity contribution < 1.29 is 14.3 Å². The average molecular weight is 243 g/mol. The van der Waals surface area contributed by atoms with E-state index in [9.17, 15) is 9.59 Å². The zero-order valence-electron chi connectivity index (χ0n) is 10.2. The molecule has 1 N–H and O–H groups in total. The molecule has 0 atom stereocenters. The Kier molecular flexibility index (Phi) is 3.28. The molecule has 1 aromatic carbocycles. The number of aromatic amines is 1. The van der Waals surface area contributed by atoms with E-state index >= 15 is 0 Å². The fourth-order valence-corrected chi connectivity index (χ4v) is 1.85. The van der Waals surface area contributed by atoms with Gasteiger partial charge in [-0.2, -0.15) is 0 Å². The number of aromatic nitrogens is 1. The number of methoxy groups -OCH3 is 1. The van der Waals surface area contributed by atoms with Crippen LogP contribution in [0.4, 0.5) is 0 Å². The van der Waals surface area contributed by atoms with E-state index in [1.807, 2.05) is 30.3 Å². The molecule has 0 aliphatic carbocycles. The quantitative estimate of drug-likeness (QED) is 0.666. The molecule has 0 saturated carbocycles. The van der Waals surface area contributed by atoms with Gasteiger partial charge in [0.2, 0.25) is 0 Å². The Labute approximate surface area is 105 Å². The van der Waals surface area contributed by atoms with E-state index in [1.165, 1.54) is 20.2 Å². The molecule has 0 unspecified atom stereocenters. The molecule has 1 aromatic heterocycles. The van der Waals surface area contributed by atoms with Crippen LogP contribution in [0.5, 0.6) is 0 Å². The van der Waals surface area contributed by atoms with Gasteiger partial charge in [-0.1, -0.05) is 30.3 Å². The summed E-state index contributed by atoms with van der Waals surface area (Å²) in [5, 5.41) is 0. The summed E-state index contributed by atoms with van der Waals surface area (Å²) in [6.45, 7) is 1.42. The molecule has 92 valence electrons. The van der Waals surface area contributed by atoms with Crippen molar-refractivity contribution in [3.05, 3.63) is 47.7 Å². The number of H-pyrrole nitrogens is 1. The van der Waals surface area contributed by atoms with Crippen molar-refractivity contribution in [1.29, 1.82) is 0 Å². The number of esters is 1. The first-order valence-corrected chi connectivity index (χ1v) is 5.51. The molecule has 0 fully saturated rings. The molecule has 4 nitrogen and oxygen atoms in total. The first-order chi connectivity index (χ1) is 8.65. The van der Waals surface area contributed by atoms with E-state index in [0.717, 1.165) is 5.56 Å². The lowest BCUT2D eigenvalue weighted by atomic mass is 10.0. The number of hydrogen-bond acceptors (Lipinski definition) is 3. The second-order valence-electron chi connectivity index (χ2n) is 3.87. The van der Waals surface area contributed by atoms with Gasteiger partial charge < -0.3 is 9.72 Å². The third kappa shape index (κ3) is 2.05. The first-order valence-electron chi connectivity index (χ1n) is 5.51. The number of carbonyl (C=O) groups excluding carboxylic acids is 2. The van der Waals surface area contributed by atoms with Gasteiger partial charge in [0.05, 0.1) is 18.4 Å². The highest BCUT2D eigenvalue weighted by atomic mass is 16.5. The summed E-state index contributed by atoms with van der Waals surface area (Å²) in [6.07, 6.45) is 1.54. The zero-order chi connectivity index (χ0) is 13.1. The summed E-state index contributed by atoms with van der Waals surface area (Å²) in [6, 6.07) is 9.34. The Morgan fingerprint density at radius 3 is 2.39 bits per heavy atom. The van der Waals surface area contributed by atoms with Crippen molar-refractivity contribution in [2.45, 2.75) is 6.92 Å². The normalized spacial score (nSPS) is 10.1. The number of Topliss-reactive ketones (excluding diaryl/α,β-unsaturated/α-hetero) is 1. The van der Waals surface area contributed by atoms with Gasteiger partial charge in [-0.05, 0) is 12.5 Å². The Morgan fingerprint density at radius 1 is 1.17 bits per heavy atom. The molecule has 0 aliphatic heterocycles. The molecule has 2 rings (SSSR count). The second kappa shape index (κ2) is 4.87. The maximum Gasteiger partial charge on any atom is 0.340 e. The van der Waals surface area contributed by atoms with E-state index in [2.05, 4.69) is 4.98 Å². The maximum absolute atomic E-state index is 11.8. The summed E-state index contributed by atoms with van der Waals surface area (Å²) < 4.78 is 4.74. The molecule has 18 heavy (non-hydrogen) atoms. The standard InChI is InChI=1S/C14H13NO3/c1-9(16)11-8-15-13(12(11)14(17)18-2)10-6-4-3-5-7-10/h3-8,15H,1-2H3. The third-order valence-electron chi connectivity index (χ3n) is 2.71. The highest BCUT2D eigenvalue weighted by Crippen LogP contribution is 2.26. The third-order valence-corrected chi connectivity index (χ3v) is 2.71. The maximum atomic E-state index is 11.8. The van der Waals surface area contributed by atoms with Crippen LogP contribution in [0.25, 0.3) is 11.3 Å². The van der Waals surface area contributed by atoms with Crippen molar-refractivity contribution in [1.82, 2.24) is 4.98 Å². The van der Waals surface area contributed by atoms with Gasteiger partial charge in [-0.15, -0.1) is 0 Å². The van der Waals surface area contributed by atoms with Crippen molar-refractivity contribution in [3.8, 4) is 11.3 Å². The predicted octanol–water partition coefficient (Wildman–Crippen LogP) is 2.67. The molecule has 0 aliphatic rings. The van der Waals surface area contributed by atoms with Crippen LogP contribution >= 0.6 is 0 Å². The largest absolute Gasteiger partial charge is 0.465 e. The van der Waals surface area contributed by atoms with E-state index in [1.54, 1.807) is 0 Å². The van der Waals surface area contributed by atoms with Crippen LogP contribution in [0, 0.1) is 0 Å². The van der Waals surface area contributed by atoms with Crippen LogP contribution in [0.1, 0.15) is 27.6 Å². The van der Waals surface area contributed by atoms with E-state index in [-0.39, 0.29) is 11.3 Å². The summed E-state index contributed by atoms with van der Waals surface area (Å²) in [7, 11) is 1.30. The van der Waals surface area contributed by atoms with Crippen molar-refractivity contribution in [3.63, 3.8) is 0 Å². The SMILES string of the molecule is COC(=O)c1c(C(C)=O)c[nH]c1-c1ccccc1. The Morgan fingerprint density at radius 2 is 1.83 bits per heavy atom. The number of ketones is 1. The summed E-state index contributed by atoms with van der Waals surface area (Å²) in [4.78, 5) is 26.3. The van der Waals surface area contributed by atoms with Crippen LogP contribution < -0.4 is 0 Å². The first kappa shape index (κ1) is 12.1. The molecule has 1 heterocycles. The van der Waals surface area contributed by atoms with E-state index in [0.29, 0.717) is 11.3 Å². The number of nitrogens with one attached hydrogen (secondary N) is 1. The van der Waals surface area contributed by atoms with Crippen LogP contribution in [-0.4, -0.2) is 23.8 Å². The van der Waals surface area contributed by atoms with Crippen LogP contribution in [0.3, 0.4) is 0 Å². The highest BCUT2D eigenvalue weighted by Gasteiger charge is 2.22. The monoisotopic (exact) mass is 243 g/mol. The fraction of sp³-hybridized carbons (Fsp3) is 0.143. The van der Waals surface area contributed by atoms with Gasteiger partial charge >= 0.3 is 5.97 Å². The minimum atomic E-state index is -0.514. The van der Waals surface area contributed by atoms with E-state index < -0.39 is 5.97 Å². The van der Waals surface area contributed by atoms with Crippen molar-refractivity contribution in [2.75, 3.05) is 7.11 Å². The van der Waals surface area contributed by atoms with Gasteiger partial charge in [0.15, 0.2) is 5.78 Å². The van der Waals surface area contributed by atoms with Crippen molar-refractivity contribution in [2.24, 2.45) is 0 Å². The second-order valence-corrected chi connectivity index (χ2v) is 3.87. The van der Waals surface area contributed by atoms with Crippen molar-refractivity contribution >= 4 is 11.8 Å². The lowest BCUT2D eigenvalue weighted by Crippen LogP contribution is -2.07. The topological polar surface area (TPSA) is 59.2 Å². The summed E-state index contributed by atoms with van der Waals surface area (Å²) >= 11 is 0. The van der Waals surface area contributed by atoms with Gasteiger partial charge in [0.25, 0.3) is 0 Å². The van der Waals surface area contributed by atoms with Crippen LogP contribution in [0.15, 0.2) is 36.5 Å². The number of hydrogen-bond donors (Lipinski definition) is 1. The lowest BCUT2D eigenvalue weighted by Gasteiger charge is -2.04. The predicted molar refractivity (Wildman–Crippen MR) is 67.6 cm³/mol. The number of rotatable bonds is 3.